The van der Waals surface area contributed by atoms with Gasteiger partial charge in [0.25, 0.3) is 0 Å². The van der Waals surface area contributed by atoms with E-state index in [0.29, 0.717) is 48.4 Å². The number of carbonyl (C=O) groups excluding carboxylic acids is 2. The summed E-state index contributed by atoms with van der Waals surface area (Å²) in [6.07, 6.45) is 5.73. The lowest BCUT2D eigenvalue weighted by Gasteiger charge is -2.25. The highest BCUT2D eigenvalue weighted by molar-refractivity contribution is 5.95. The van der Waals surface area contributed by atoms with Gasteiger partial charge in [0.15, 0.2) is 0 Å². The fraction of sp³-hybridized carbons (Fsp3) is 0.381. The van der Waals surface area contributed by atoms with Crippen molar-refractivity contribution in [3.63, 3.8) is 0 Å². The third-order valence-electron chi connectivity index (χ3n) is 4.96. The zero-order valence-electron chi connectivity index (χ0n) is 17.6. The maximum absolute atomic E-state index is 11.2. The lowest BCUT2D eigenvalue weighted by Crippen LogP contribution is -2.45. The minimum absolute atomic E-state index is 0.181. The summed E-state index contributed by atoms with van der Waals surface area (Å²) in [5, 5.41) is 15.3. The van der Waals surface area contributed by atoms with Gasteiger partial charge < -0.3 is 43.4 Å². The van der Waals surface area contributed by atoms with Crippen LogP contribution < -0.4 is 33.6 Å². The molecule has 1 aliphatic carbocycles. The summed E-state index contributed by atoms with van der Waals surface area (Å²) in [5.41, 5.74) is 24.2. The van der Waals surface area contributed by atoms with Crippen LogP contribution >= 0.6 is 0 Å². The van der Waals surface area contributed by atoms with E-state index in [9.17, 15) is 14.4 Å². The maximum atomic E-state index is 11.2. The Kier molecular flexibility index (Phi) is 9.20. The molecule has 3 atom stereocenters. The number of rotatable bonds is 13. The molecule has 0 spiro atoms. The molecule has 11 nitrogen and oxygen atoms in total. The van der Waals surface area contributed by atoms with Crippen molar-refractivity contribution < 1.29 is 24.2 Å². The molecule has 174 valence electrons. The summed E-state index contributed by atoms with van der Waals surface area (Å²) >= 11 is 0. The van der Waals surface area contributed by atoms with E-state index < -0.39 is 30.4 Å². The van der Waals surface area contributed by atoms with Gasteiger partial charge in [0.2, 0.25) is 11.8 Å². The number of anilines is 2. The molecule has 11 heteroatoms. The van der Waals surface area contributed by atoms with E-state index in [1.807, 2.05) is 0 Å². The van der Waals surface area contributed by atoms with E-state index in [-0.39, 0.29) is 12.1 Å². The summed E-state index contributed by atoms with van der Waals surface area (Å²) in [6, 6.07) is 4.14. The van der Waals surface area contributed by atoms with Gasteiger partial charge in [0, 0.05) is 29.8 Å². The van der Waals surface area contributed by atoms with Crippen LogP contribution in [0.1, 0.15) is 23.2 Å². The molecule has 0 aliphatic heterocycles. The first-order valence-electron chi connectivity index (χ1n) is 10.1. The molecule has 0 bridgehead atoms. The number of hydrogen-bond donors (Lipinski definition) is 7. The lowest BCUT2D eigenvalue weighted by atomic mass is 9.98. The molecular formula is C21H30N6O5. The van der Waals surface area contributed by atoms with Crippen molar-refractivity contribution in [2.75, 3.05) is 30.7 Å². The monoisotopic (exact) mass is 446 g/mol. The average molecular weight is 447 g/mol. The average Bonchev–Trinajstić information content (AvgIpc) is 2.73. The van der Waals surface area contributed by atoms with E-state index in [2.05, 4.69) is 10.6 Å². The first-order valence-corrected chi connectivity index (χ1v) is 10.1. The van der Waals surface area contributed by atoms with Gasteiger partial charge in [0.05, 0.1) is 17.5 Å². The number of ether oxygens (including phenoxy) is 1. The molecule has 0 fully saturated rings. The molecule has 2 rings (SSSR count). The Bertz CT molecular complexity index is 901. The second kappa shape index (κ2) is 11.8. The summed E-state index contributed by atoms with van der Waals surface area (Å²) in [7, 11) is 0. The molecule has 11 N–H and O–H groups in total. The predicted molar refractivity (Wildman–Crippen MR) is 121 cm³/mol. The van der Waals surface area contributed by atoms with Crippen LogP contribution in [-0.2, 0) is 14.3 Å². The standard InChI is InChI=1S/C21H30N6O5/c22-15-9-12(20(24)30)1-3-17(15)26-7-5-14(32-11-19(28)29)6-8-27-18-4-2-13(21(25)31)10-16(18)23/h1-4,9-10,14-15,17,26-27H,5-8,11,22-23H2,(H2,24,30)(H2,25,31)(H,28,29). The van der Waals surface area contributed by atoms with Crippen LogP contribution in [0.4, 0.5) is 11.4 Å². The Morgan fingerprint density at radius 2 is 1.84 bits per heavy atom. The maximum Gasteiger partial charge on any atom is 0.329 e. The van der Waals surface area contributed by atoms with E-state index >= 15 is 0 Å². The molecule has 32 heavy (non-hydrogen) atoms. The topological polar surface area (TPSA) is 209 Å². The molecule has 2 amide bonds. The van der Waals surface area contributed by atoms with Gasteiger partial charge in [-0.1, -0.05) is 18.2 Å². The minimum atomic E-state index is -1.05. The normalized spacial score (nSPS) is 18.6. The van der Waals surface area contributed by atoms with Crippen molar-refractivity contribution >= 4 is 29.2 Å². The predicted octanol–water partition coefficient (Wildman–Crippen LogP) is -0.703. The zero-order chi connectivity index (χ0) is 23.7. The van der Waals surface area contributed by atoms with Crippen LogP contribution in [0, 0.1) is 0 Å². The Morgan fingerprint density at radius 3 is 2.44 bits per heavy atom. The number of nitrogens with one attached hydrogen (secondary N) is 2. The summed E-state index contributed by atoms with van der Waals surface area (Å²) in [6.45, 7) is 0.577. The second-order valence-electron chi connectivity index (χ2n) is 7.40. The summed E-state index contributed by atoms with van der Waals surface area (Å²) in [4.78, 5) is 33.4. The van der Waals surface area contributed by atoms with Crippen molar-refractivity contribution in [2.24, 2.45) is 17.2 Å². The number of carboxylic acid groups (broad SMARTS) is 1. The number of hydrogen-bond acceptors (Lipinski definition) is 8. The first-order chi connectivity index (χ1) is 15.2. The van der Waals surface area contributed by atoms with E-state index in [4.69, 9.17) is 32.8 Å². The van der Waals surface area contributed by atoms with Crippen molar-refractivity contribution in [2.45, 2.75) is 31.0 Å². The third kappa shape index (κ3) is 7.69. The zero-order valence-corrected chi connectivity index (χ0v) is 17.6. The van der Waals surface area contributed by atoms with Gasteiger partial charge in [-0.15, -0.1) is 0 Å². The fourth-order valence-corrected chi connectivity index (χ4v) is 3.23. The smallest absolute Gasteiger partial charge is 0.329 e. The lowest BCUT2D eigenvalue weighted by molar-refractivity contribution is -0.144. The van der Waals surface area contributed by atoms with Crippen LogP contribution in [0.15, 0.2) is 42.0 Å². The van der Waals surface area contributed by atoms with Crippen LogP contribution in [-0.4, -0.2) is 60.8 Å². The SMILES string of the molecule is NC(=O)C1=CC(N)C(NCCC(CCNc2ccc(C(N)=O)cc2N)OCC(=O)O)C=C1. The van der Waals surface area contributed by atoms with Gasteiger partial charge in [-0.3, -0.25) is 9.59 Å². The molecule has 0 radical (unpaired) electrons. The van der Waals surface area contributed by atoms with Crippen molar-refractivity contribution in [1.82, 2.24) is 5.32 Å². The molecule has 0 saturated heterocycles. The number of carbonyl (C=O) groups is 3. The quantitative estimate of drug-likeness (QED) is 0.191. The Balaban J connectivity index is 1.85. The number of aliphatic carboxylic acids is 1. The molecule has 1 aromatic rings. The fourth-order valence-electron chi connectivity index (χ4n) is 3.23. The summed E-state index contributed by atoms with van der Waals surface area (Å²) in [5.74, 6) is -2.15. The van der Waals surface area contributed by atoms with Gasteiger partial charge >= 0.3 is 5.97 Å². The van der Waals surface area contributed by atoms with Gasteiger partial charge in [0.1, 0.15) is 6.61 Å². The Labute approximate surface area is 185 Å². The van der Waals surface area contributed by atoms with Gasteiger partial charge in [-0.05, 0) is 37.6 Å². The highest BCUT2D eigenvalue weighted by atomic mass is 16.5. The first kappa shape index (κ1) is 24.9. The number of carboxylic acids is 1. The van der Waals surface area contributed by atoms with Crippen LogP contribution in [0.5, 0.6) is 0 Å². The van der Waals surface area contributed by atoms with Crippen molar-refractivity contribution in [1.29, 1.82) is 0 Å². The highest BCUT2D eigenvalue weighted by Crippen LogP contribution is 2.20. The number of nitrogen functional groups attached to an aromatic ring is 1. The number of nitrogens with two attached hydrogens (primary N) is 4. The number of amides is 2. The number of benzene rings is 1. The van der Waals surface area contributed by atoms with E-state index in [0.717, 1.165) is 0 Å². The van der Waals surface area contributed by atoms with E-state index in [1.165, 1.54) is 6.07 Å². The molecular weight excluding hydrogens is 416 g/mol. The van der Waals surface area contributed by atoms with Crippen LogP contribution in [0.25, 0.3) is 0 Å². The van der Waals surface area contributed by atoms with Gasteiger partial charge in [-0.25, -0.2) is 4.79 Å². The largest absolute Gasteiger partial charge is 0.480 e. The molecule has 1 aromatic carbocycles. The molecule has 0 aromatic heterocycles. The van der Waals surface area contributed by atoms with Crippen LogP contribution in [0.3, 0.4) is 0 Å². The molecule has 3 unspecified atom stereocenters. The van der Waals surface area contributed by atoms with Crippen LogP contribution in [0.2, 0.25) is 0 Å². The summed E-state index contributed by atoms with van der Waals surface area (Å²) < 4.78 is 5.49. The number of primary amides is 2. The van der Waals surface area contributed by atoms with Crippen molar-refractivity contribution in [3.05, 3.63) is 47.6 Å². The van der Waals surface area contributed by atoms with Crippen molar-refractivity contribution in [3.8, 4) is 0 Å². The molecule has 1 aliphatic rings. The van der Waals surface area contributed by atoms with Gasteiger partial charge in [-0.2, -0.15) is 0 Å². The Hall–Kier alpha value is -3.41. The molecule has 0 heterocycles. The third-order valence-corrected chi connectivity index (χ3v) is 4.96. The molecule has 0 saturated carbocycles. The minimum Gasteiger partial charge on any atom is -0.480 e. The second-order valence-corrected chi connectivity index (χ2v) is 7.40. The van der Waals surface area contributed by atoms with E-state index in [1.54, 1.807) is 30.4 Å². The highest BCUT2D eigenvalue weighted by Gasteiger charge is 2.19. The Morgan fingerprint density at radius 1 is 1.12 bits per heavy atom.